The molecule has 0 radical (unpaired) electrons. The molecule has 1 saturated carbocycles. The first-order valence-electron chi connectivity index (χ1n) is 9.74. The summed E-state index contributed by atoms with van der Waals surface area (Å²) >= 11 is 0.927. The molecule has 0 saturated heterocycles. The number of hydrogen-bond donors (Lipinski definition) is 4. The summed E-state index contributed by atoms with van der Waals surface area (Å²) in [6, 6.07) is 2.63. The molecule has 0 aromatic carbocycles. The van der Waals surface area contributed by atoms with Crippen molar-refractivity contribution in [3.05, 3.63) is 47.6 Å². The topological polar surface area (TPSA) is 151 Å². The third-order valence-corrected chi connectivity index (χ3v) is 4.74. The Morgan fingerprint density at radius 3 is 2.60 bits per heavy atom. The molecule has 2 aromatic heterocycles. The summed E-state index contributed by atoms with van der Waals surface area (Å²) in [4.78, 5) is 18.8. The summed E-state index contributed by atoms with van der Waals surface area (Å²) in [7, 11) is 1.37. The number of allylic oxidation sites excluding steroid dienone is 1. The van der Waals surface area contributed by atoms with E-state index >= 15 is 0 Å². The van der Waals surface area contributed by atoms with Crippen molar-refractivity contribution in [2.24, 2.45) is 11.7 Å². The number of halogens is 2. The summed E-state index contributed by atoms with van der Waals surface area (Å²) in [6.07, 6.45) is 6.38. The summed E-state index contributed by atoms with van der Waals surface area (Å²) < 4.78 is 31.0. The van der Waals surface area contributed by atoms with Gasteiger partial charge in [-0.15, -0.1) is 11.1 Å². The minimum Gasteiger partial charge on any atom is -0.508 e. The Morgan fingerprint density at radius 2 is 2.06 bits per heavy atom. The van der Waals surface area contributed by atoms with Crippen molar-refractivity contribution >= 4 is 40.6 Å². The van der Waals surface area contributed by atoms with E-state index in [1.807, 2.05) is 0 Å². The molecule has 35 heavy (non-hydrogen) atoms. The first-order valence-corrected chi connectivity index (χ1v) is 10.6. The molecule has 3 rings (SSSR count). The molecule has 0 amide bonds. The predicted molar refractivity (Wildman–Crippen MR) is 127 cm³/mol. The van der Waals surface area contributed by atoms with Crippen LogP contribution in [0.25, 0.3) is 16.8 Å². The van der Waals surface area contributed by atoms with Gasteiger partial charge in [0, 0.05) is 12.0 Å². The zero-order chi connectivity index (χ0) is 25.1. The van der Waals surface area contributed by atoms with Crippen LogP contribution < -0.4 is 15.9 Å². The van der Waals surface area contributed by atoms with Gasteiger partial charge in [0.1, 0.15) is 16.5 Å². The Bertz CT molecular complexity index is 1180. The van der Waals surface area contributed by atoms with Crippen molar-refractivity contribution in [3.63, 3.8) is 0 Å². The van der Waals surface area contributed by atoms with Crippen LogP contribution in [-0.4, -0.2) is 40.2 Å². The van der Waals surface area contributed by atoms with E-state index in [0.29, 0.717) is 17.2 Å². The number of nitrogens with two attached hydrogens (primary N) is 2. The van der Waals surface area contributed by atoms with E-state index in [1.54, 1.807) is 6.29 Å². The molecule has 0 atom stereocenters. The number of thioether (sulfide) groups is 1. The van der Waals surface area contributed by atoms with Crippen LogP contribution in [0.4, 0.5) is 8.78 Å². The Morgan fingerprint density at radius 1 is 1.34 bits per heavy atom. The molecule has 0 spiro atoms. The average Bonchev–Trinajstić information content (AvgIpc) is 3.67. The van der Waals surface area contributed by atoms with Gasteiger partial charge in [0.05, 0.1) is 31.0 Å². The molecule has 2 aromatic rings. The predicted octanol–water partition coefficient (Wildman–Crippen LogP) is 2.27. The van der Waals surface area contributed by atoms with Gasteiger partial charge in [0.2, 0.25) is 0 Å². The summed E-state index contributed by atoms with van der Waals surface area (Å²) in [6.45, 7) is 0. The zero-order valence-corrected chi connectivity index (χ0v) is 20.2. The molecular weight excluding hydrogens is 521 g/mol. The zero-order valence-electron chi connectivity index (χ0n) is 18.4. The van der Waals surface area contributed by atoms with Crippen molar-refractivity contribution in [1.82, 2.24) is 9.97 Å². The number of methoxy groups -OCH3 is 1. The van der Waals surface area contributed by atoms with Crippen molar-refractivity contribution in [1.29, 1.82) is 10.8 Å². The summed E-state index contributed by atoms with van der Waals surface area (Å²) in [5.41, 5.74) is 8.63. The molecule has 12 heteroatoms. The van der Waals surface area contributed by atoms with Crippen LogP contribution >= 0.6 is 11.8 Å². The molecule has 184 valence electrons. The number of nitrogens with zero attached hydrogens (tertiary/aromatic N) is 2. The number of rotatable bonds is 7. The molecule has 8 nitrogen and oxygen atoms in total. The van der Waals surface area contributed by atoms with Gasteiger partial charge >= 0.3 is 16.5 Å². The van der Waals surface area contributed by atoms with Crippen molar-refractivity contribution in [2.45, 2.75) is 19.3 Å². The second kappa shape index (κ2) is 14.8. The van der Waals surface area contributed by atoms with E-state index in [-0.39, 0.29) is 44.1 Å². The van der Waals surface area contributed by atoms with Gasteiger partial charge in [-0.25, -0.2) is 8.78 Å². The maximum absolute atomic E-state index is 12.9. The van der Waals surface area contributed by atoms with Crippen LogP contribution in [-0.2, 0) is 21.3 Å². The minimum absolute atomic E-state index is 0. The van der Waals surface area contributed by atoms with Crippen LogP contribution in [0.5, 0.6) is 5.75 Å². The quantitative estimate of drug-likeness (QED) is 0.139. The summed E-state index contributed by atoms with van der Waals surface area (Å²) in [5.74, 6) is 6.34. The third-order valence-electron chi connectivity index (χ3n) is 4.33. The molecule has 1 fully saturated rings. The van der Waals surface area contributed by atoms with Crippen molar-refractivity contribution in [2.75, 3.05) is 7.11 Å². The second-order valence-electron chi connectivity index (χ2n) is 6.72. The number of ether oxygens (including phenoxy) is 1. The van der Waals surface area contributed by atoms with E-state index in [2.05, 4.69) is 27.4 Å². The van der Waals surface area contributed by atoms with Crippen LogP contribution in [0.15, 0.2) is 30.6 Å². The number of aromatic nitrogens is 2. The Hall–Kier alpha value is -3.42. The number of alkyl halides is 2. The number of pyridine rings is 2. The second-order valence-corrected chi connectivity index (χ2v) is 7.54. The van der Waals surface area contributed by atoms with E-state index in [0.717, 1.165) is 17.8 Å². The minimum atomic E-state index is -2.77. The Kier molecular flexibility index (Phi) is 12.5. The van der Waals surface area contributed by atoms with Crippen LogP contribution in [0.1, 0.15) is 36.2 Å². The van der Waals surface area contributed by atoms with Crippen molar-refractivity contribution < 1.29 is 40.2 Å². The average molecular weight is 542 g/mol. The number of carbonyl (C=O) groups excluding carboxylic acids is 1. The number of hydrogen-bond acceptors (Lipinski definition) is 8. The van der Waals surface area contributed by atoms with Gasteiger partial charge < -0.3 is 31.2 Å². The van der Waals surface area contributed by atoms with E-state index < -0.39 is 12.1 Å². The third kappa shape index (κ3) is 9.04. The molecular formula is C23H21F2N6NiO2S+. The first kappa shape index (κ1) is 29.6. The van der Waals surface area contributed by atoms with Crippen LogP contribution in [0.2, 0.25) is 0 Å². The van der Waals surface area contributed by atoms with Crippen LogP contribution in [0.3, 0.4) is 0 Å². The smallest absolute Gasteiger partial charge is 0.508 e. The van der Waals surface area contributed by atoms with E-state index in [9.17, 15) is 13.6 Å². The van der Waals surface area contributed by atoms with E-state index in [1.165, 1.54) is 50.7 Å². The Balaban J connectivity index is 0.000000468. The van der Waals surface area contributed by atoms with Gasteiger partial charge in [0.15, 0.2) is 6.21 Å². The standard InChI is InChI=1S/C16H13F2N4O2.C7H7N2S.Ni/c1-24-15-7-22-14(16(17)18)5-11(15)10-4-13(12(20)2-3-19)21-6-9(10)8-23;8-5-10-7(9)4-3-6-1-2-6;/h2-7,16,19H,20H2,1H3;6,8-9H,1-2H2;/q2*-1;+2/p+1/b12-2-,19-3?;;. The molecule has 0 bridgehead atoms. The maximum atomic E-state index is 12.9. The number of nitrogens with one attached hydrogen (secondary N) is 2. The monoisotopic (exact) mass is 541 g/mol. The molecule has 0 unspecified atom stereocenters. The fourth-order valence-electron chi connectivity index (χ4n) is 2.53. The van der Waals surface area contributed by atoms with E-state index in [4.69, 9.17) is 26.7 Å². The van der Waals surface area contributed by atoms with Gasteiger partial charge in [-0.2, -0.15) is 0 Å². The summed E-state index contributed by atoms with van der Waals surface area (Å²) in [5, 5.41) is 19.2. The van der Waals surface area contributed by atoms with Gasteiger partial charge in [-0.1, -0.05) is 18.2 Å². The molecule has 0 aliphatic heterocycles. The molecule has 1 aliphatic carbocycles. The van der Waals surface area contributed by atoms with Crippen molar-refractivity contribution in [3.8, 4) is 28.7 Å². The Labute approximate surface area is 215 Å². The van der Waals surface area contributed by atoms with Gasteiger partial charge in [-0.3, -0.25) is 27.6 Å². The largest absolute Gasteiger partial charge is 2.00 e. The van der Waals surface area contributed by atoms with Gasteiger partial charge in [-0.05, 0) is 30.4 Å². The fraction of sp³-hybridized carbons (Fsp3) is 0.217. The first-order chi connectivity index (χ1) is 16.3. The van der Waals surface area contributed by atoms with Gasteiger partial charge in [0.25, 0.3) is 6.43 Å². The maximum Gasteiger partial charge on any atom is 2.00 e. The molecule has 2 heterocycles. The normalized spacial score (nSPS) is 12.2. The fourth-order valence-corrected chi connectivity index (χ4v) is 2.74. The van der Waals surface area contributed by atoms with Crippen LogP contribution in [0, 0.1) is 28.6 Å². The SMILES string of the molecule is COc1cnc(C(F)F)cc1-c1cc(/C(N)=C/C=[NH2+])ncc1[C-]=O.N=[C-]SC(=N)C#CC1CC1.[Ni+2]. The molecule has 6 N–H and O–H groups in total. The molecule has 1 aliphatic rings.